The molecule has 7 heteroatoms. The molecular formula is C20H35IN4OS. The molecule has 0 aliphatic carbocycles. The Balaban J connectivity index is 0.00000364. The van der Waals surface area contributed by atoms with Gasteiger partial charge in [-0.3, -0.25) is 4.99 Å². The van der Waals surface area contributed by atoms with Crippen molar-refractivity contribution < 1.29 is 4.74 Å². The van der Waals surface area contributed by atoms with Gasteiger partial charge in [-0.2, -0.15) is 0 Å². The van der Waals surface area contributed by atoms with Crippen LogP contribution < -0.4 is 5.32 Å². The monoisotopic (exact) mass is 506 g/mol. The van der Waals surface area contributed by atoms with Gasteiger partial charge in [0.2, 0.25) is 0 Å². The summed E-state index contributed by atoms with van der Waals surface area (Å²) < 4.78 is 5.57. The quantitative estimate of drug-likeness (QED) is 0.265. The van der Waals surface area contributed by atoms with Gasteiger partial charge in [-0.05, 0) is 57.8 Å². The molecule has 1 saturated heterocycles. The third-order valence-electron chi connectivity index (χ3n) is 5.17. The fraction of sp³-hybridized carbons (Fsp3) is 0.650. The maximum absolute atomic E-state index is 5.57. The molecule has 0 aromatic heterocycles. The number of likely N-dealkylation sites (N-methyl/N-ethyl adjacent to an activating group) is 1. The molecule has 27 heavy (non-hydrogen) atoms. The van der Waals surface area contributed by atoms with E-state index in [1.165, 1.54) is 10.5 Å². The second-order valence-electron chi connectivity index (χ2n) is 7.11. The predicted octanol–water partition coefficient (Wildman–Crippen LogP) is 3.53. The van der Waals surface area contributed by atoms with Crippen molar-refractivity contribution in [2.45, 2.75) is 36.7 Å². The van der Waals surface area contributed by atoms with Crippen LogP contribution in [0.3, 0.4) is 0 Å². The Morgan fingerprint density at radius 1 is 1.19 bits per heavy atom. The first-order valence-electron chi connectivity index (χ1n) is 9.38. The number of thioether (sulfide) groups is 1. The minimum Gasteiger partial charge on any atom is -0.381 e. The van der Waals surface area contributed by atoms with Gasteiger partial charge >= 0.3 is 0 Å². The molecule has 0 unspecified atom stereocenters. The molecule has 1 N–H and O–H groups in total. The molecule has 154 valence electrons. The molecule has 1 aromatic rings. The van der Waals surface area contributed by atoms with Crippen LogP contribution in [0.1, 0.15) is 25.3 Å². The zero-order valence-electron chi connectivity index (χ0n) is 17.3. The molecule has 0 bridgehead atoms. The van der Waals surface area contributed by atoms with E-state index in [0.717, 1.165) is 51.6 Å². The molecule has 0 spiro atoms. The molecule has 0 saturated carbocycles. The number of aliphatic imine (C=N–C) groups is 1. The van der Waals surface area contributed by atoms with E-state index in [9.17, 15) is 0 Å². The van der Waals surface area contributed by atoms with Gasteiger partial charge in [-0.25, -0.2) is 0 Å². The van der Waals surface area contributed by atoms with E-state index in [0.29, 0.717) is 0 Å². The minimum absolute atomic E-state index is 0. The lowest BCUT2D eigenvalue weighted by molar-refractivity contribution is -0.00262. The fourth-order valence-electron chi connectivity index (χ4n) is 3.27. The summed E-state index contributed by atoms with van der Waals surface area (Å²) in [5.74, 6) is 0.967. The summed E-state index contributed by atoms with van der Waals surface area (Å²) in [6.07, 6.45) is 4.17. The van der Waals surface area contributed by atoms with Crippen LogP contribution in [0.25, 0.3) is 0 Å². The second kappa shape index (κ2) is 12.1. The maximum Gasteiger partial charge on any atom is 0.194 e. The molecule has 1 aliphatic heterocycles. The van der Waals surface area contributed by atoms with E-state index < -0.39 is 0 Å². The largest absolute Gasteiger partial charge is 0.381 e. The highest BCUT2D eigenvalue weighted by Crippen LogP contribution is 2.26. The van der Waals surface area contributed by atoms with Crippen molar-refractivity contribution >= 4 is 41.7 Å². The predicted molar refractivity (Wildman–Crippen MR) is 128 cm³/mol. The molecule has 1 aliphatic rings. The summed E-state index contributed by atoms with van der Waals surface area (Å²) in [5, 5.41) is 3.44. The Bertz CT molecular complexity index is 574. The summed E-state index contributed by atoms with van der Waals surface area (Å²) in [6.45, 7) is 6.27. The molecule has 1 aromatic carbocycles. The zero-order chi connectivity index (χ0) is 19.0. The summed E-state index contributed by atoms with van der Waals surface area (Å²) in [4.78, 5) is 10.8. The van der Waals surface area contributed by atoms with E-state index >= 15 is 0 Å². The van der Waals surface area contributed by atoms with Crippen molar-refractivity contribution in [3.8, 4) is 0 Å². The summed E-state index contributed by atoms with van der Waals surface area (Å²) in [7, 11) is 6.42. The van der Waals surface area contributed by atoms with E-state index in [1.54, 1.807) is 11.8 Å². The summed E-state index contributed by atoms with van der Waals surface area (Å²) >= 11 is 1.77. The lowest BCUT2D eigenvalue weighted by Crippen LogP contribution is -2.51. The van der Waals surface area contributed by atoms with E-state index in [1.807, 2.05) is 0 Å². The molecule has 0 amide bonds. The Morgan fingerprint density at radius 2 is 1.81 bits per heavy atom. The Labute approximate surface area is 186 Å². The number of halogens is 1. The SMILES string of the molecule is CCNC(=NCC1(N(C)C)CCOCC1)N(C)Cc1ccc(SC)cc1.I. The van der Waals surface area contributed by atoms with Gasteiger partial charge in [0.15, 0.2) is 5.96 Å². The van der Waals surface area contributed by atoms with Crippen LogP contribution in [-0.4, -0.2) is 75.0 Å². The Morgan fingerprint density at radius 3 is 2.33 bits per heavy atom. The third-order valence-corrected chi connectivity index (χ3v) is 5.91. The first-order chi connectivity index (χ1) is 12.5. The van der Waals surface area contributed by atoms with Crippen LogP contribution in [0, 0.1) is 0 Å². The number of ether oxygens (including phenoxy) is 1. The third kappa shape index (κ3) is 7.11. The van der Waals surface area contributed by atoms with Crippen LogP contribution in [0.15, 0.2) is 34.2 Å². The maximum atomic E-state index is 5.57. The van der Waals surface area contributed by atoms with Crippen molar-refractivity contribution in [2.24, 2.45) is 4.99 Å². The van der Waals surface area contributed by atoms with E-state index in [4.69, 9.17) is 9.73 Å². The highest BCUT2D eigenvalue weighted by molar-refractivity contribution is 14.0. The lowest BCUT2D eigenvalue weighted by Gasteiger charge is -2.42. The lowest BCUT2D eigenvalue weighted by atomic mass is 9.89. The van der Waals surface area contributed by atoms with Crippen LogP contribution in [0.4, 0.5) is 0 Å². The highest BCUT2D eigenvalue weighted by atomic mass is 127. The van der Waals surface area contributed by atoms with Crippen molar-refractivity contribution in [1.29, 1.82) is 0 Å². The van der Waals surface area contributed by atoms with Gasteiger partial charge < -0.3 is 19.9 Å². The molecule has 1 heterocycles. The summed E-state index contributed by atoms with van der Waals surface area (Å²) in [6, 6.07) is 8.76. The van der Waals surface area contributed by atoms with Gasteiger partial charge in [0.1, 0.15) is 0 Å². The standard InChI is InChI=1S/C20H34N4OS.HI/c1-6-21-19(22-16-20(23(2)3)11-13-25-14-12-20)24(4)15-17-7-9-18(26-5)10-8-17;/h7-10H,6,11-16H2,1-5H3,(H,21,22);1H. The Kier molecular flexibility index (Phi) is 11.0. The first kappa shape index (κ1) is 24.5. The van der Waals surface area contributed by atoms with Crippen molar-refractivity contribution in [3.05, 3.63) is 29.8 Å². The fourth-order valence-corrected chi connectivity index (χ4v) is 3.68. The number of guanidine groups is 1. The molecule has 0 atom stereocenters. The number of nitrogens with zero attached hydrogens (tertiary/aromatic N) is 3. The van der Waals surface area contributed by atoms with Crippen LogP contribution in [0.5, 0.6) is 0 Å². The van der Waals surface area contributed by atoms with Crippen LogP contribution >= 0.6 is 35.7 Å². The van der Waals surface area contributed by atoms with Crippen molar-refractivity contribution in [2.75, 3.05) is 53.7 Å². The van der Waals surface area contributed by atoms with E-state index in [-0.39, 0.29) is 29.5 Å². The number of rotatable bonds is 7. The molecule has 5 nitrogen and oxygen atoms in total. The highest BCUT2D eigenvalue weighted by Gasteiger charge is 2.34. The minimum atomic E-state index is 0. The number of hydrogen-bond donors (Lipinski definition) is 1. The van der Waals surface area contributed by atoms with Gasteiger partial charge in [-0.15, -0.1) is 35.7 Å². The molecule has 1 fully saturated rings. The van der Waals surface area contributed by atoms with Crippen LogP contribution in [0.2, 0.25) is 0 Å². The van der Waals surface area contributed by atoms with Crippen molar-refractivity contribution in [3.63, 3.8) is 0 Å². The smallest absolute Gasteiger partial charge is 0.194 e. The first-order valence-corrected chi connectivity index (χ1v) is 10.6. The van der Waals surface area contributed by atoms with Crippen molar-refractivity contribution in [1.82, 2.24) is 15.1 Å². The number of hydrogen-bond acceptors (Lipinski definition) is 4. The zero-order valence-corrected chi connectivity index (χ0v) is 20.5. The topological polar surface area (TPSA) is 40.1 Å². The number of benzene rings is 1. The summed E-state index contributed by atoms with van der Waals surface area (Å²) in [5.41, 5.74) is 1.39. The average Bonchev–Trinajstić information content (AvgIpc) is 2.66. The normalized spacial score (nSPS) is 16.7. The average molecular weight is 506 g/mol. The molecule has 2 rings (SSSR count). The van der Waals surface area contributed by atoms with Gasteiger partial charge in [0.25, 0.3) is 0 Å². The van der Waals surface area contributed by atoms with Gasteiger partial charge in [-0.1, -0.05) is 12.1 Å². The second-order valence-corrected chi connectivity index (χ2v) is 7.99. The van der Waals surface area contributed by atoms with E-state index in [2.05, 4.69) is 73.7 Å². The number of nitrogens with one attached hydrogen (secondary N) is 1. The van der Waals surface area contributed by atoms with Gasteiger partial charge in [0.05, 0.1) is 6.54 Å². The van der Waals surface area contributed by atoms with Gasteiger partial charge in [0, 0.05) is 43.8 Å². The van der Waals surface area contributed by atoms with Crippen LogP contribution in [-0.2, 0) is 11.3 Å². The molecular weight excluding hydrogens is 471 g/mol. The Hall–Kier alpha value is -0.510. The molecule has 0 radical (unpaired) electrons.